The third-order valence-electron chi connectivity index (χ3n) is 4.21. The molecule has 1 unspecified atom stereocenters. The lowest BCUT2D eigenvalue weighted by Crippen LogP contribution is -2.42. The Bertz CT molecular complexity index is 631. The highest BCUT2D eigenvalue weighted by molar-refractivity contribution is 7.89. The van der Waals surface area contributed by atoms with Crippen molar-refractivity contribution in [2.24, 2.45) is 0 Å². The SMILES string of the molecule is CCOCc1cnc(C)nc1C1CCCN(S(=O)(=O)C(C)C)C1. The molecule has 1 saturated heterocycles. The summed E-state index contributed by atoms with van der Waals surface area (Å²) in [5.74, 6) is 0.818. The standard InChI is InChI=1S/C16H27N3O3S/c1-5-22-11-15-9-17-13(4)18-16(15)14-7-6-8-19(10-14)23(20,21)12(2)3/h9,12,14H,5-8,10-11H2,1-4H3. The molecule has 1 atom stereocenters. The lowest BCUT2D eigenvalue weighted by atomic mass is 9.93. The van der Waals surface area contributed by atoms with E-state index in [4.69, 9.17) is 4.74 Å². The third-order valence-corrected chi connectivity index (χ3v) is 6.45. The van der Waals surface area contributed by atoms with Crippen LogP contribution >= 0.6 is 0 Å². The van der Waals surface area contributed by atoms with Crippen LogP contribution in [0.4, 0.5) is 0 Å². The quantitative estimate of drug-likeness (QED) is 0.793. The van der Waals surface area contributed by atoms with Crippen molar-refractivity contribution >= 4 is 10.0 Å². The normalized spacial score (nSPS) is 20.1. The van der Waals surface area contributed by atoms with Gasteiger partial charge in [0.25, 0.3) is 0 Å². The Labute approximate surface area is 139 Å². The van der Waals surface area contributed by atoms with Gasteiger partial charge < -0.3 is 4.74 Å². The Morgan fingerprint density at radius 1 is 1.43 bits per heavy atom. The summed E-state index contributed by atoms with van der Waals surface area (Å²) in [6, 6.07) is 0. The second kappa shape index (κ2) is 7.68. The maximum Gasteiger partial charge on any atom is 0.216 e. The average molecular weight is 341 g/mol. The Morgan fingerprint density at radius 3 is 2.83 bits per heavy atom. The zero-order chi connectivity index (χ0) is 17.0. The molecule has 7 heteroatoms. The van der Waals surface area contributed by atoms with Crippen LogP contribution in [0.1, 0.15) is 56.6 Å². The lowest BCUT2D eigenvalue weighted by molar-refractivity contribution is 0.132. The fourth-order valence-electron chi connectivity index (χ4n) is 2.88. The van der Waals surface area contributed by atoms with Gasteiger partial charge in [0.05, 0.1) is 17.6 Å². The van der Waals surface area contributed by atoms with Gasteiger partial charge in [0.15, 0.2) is 0 Å². The summed E-state index contributed by atoms with van der Waals surface area (Å²) in [6.07, 6.45) is 3.61. The zero-order valence-corrected chi connectivity index (χ0v) is 15.3. The number of hydrogen-bond acceptors (Lipinski definition) is 5. The summed E-state index contributed by atoms with van der Waals surface area (Å²) in [6.45, 7) is 9.47. The molecule has 1 aromatic rings. The Kier molecular flexibility index (Phi) is 6.11. The van der Waals surface area contributed by atoms with Gasteiger partial charge in [-0.05, 0) is 40.5 Å². The van der Waals surface area contributed by atoms with E-state index in [1.54, 1.807) is 18.2 Å². The fourth-order valence-corrected chi connectivity index (χ4v) is 4.25. The van der Waals surface area contributed by atoms with Gasteiger partial charge in [-0.1, -0.05) is 0 Å². The molecule has 0 spiro atoms. The number of rotatable bonds is 6. The molecule has 0 aliphatic carbocycles. The summed E-state index contributed by atoms with van der Waals surface area (Å²) >= 11 is 0. The minimum atomic E-state index is -3.22. The summed E-state index contributed by atoms with van der Waals surface area (Å²) < 4.78 is 32.0. The first kappa shape index (κ1) is 18.3. The molecular formula is C16H27N3O3S. The Balaban J connectivity index is 2.26. The largest absolute Gasteiger partial charge is 0.377 e. The second-order valence-corrected chi connectivity index (χ2v) is 8.74. The van der Waals surface area contributed by atoms with Crippen molar-refractivity contribution in [3.63, 3.8) is 0 Å². The van der Waals surface area contributed by atoms with E-state index >= 15 is 0 Å². The van der Waals surface area contributed by atoms with Gasteiger partial charge in [0.2, 0.25) is 10.0 Å². The molecule has 0 N–H and O–H groups in total. The van der Waals surface area contributed by atoms with Crippen molar-refractivity contribution in [1.82, 2.24) is 14.3 Å². The molecule has 1 aliphatic rings. The van der Waals surface area contributed by atoms with Gasteiger partial charge >= 0.3 is 0 Å². The molecule has 0 radical (unpaired) electrons. The molecule has 2 heterocycles. The molecule has 0 bridgehead atoms. The van der Waals surface area contributed by atoms with Crippen LogP contribution in [-0.2, 0) is 21.4 Å². The second-order valence-electron chi connectivity index (χ2n) is 6.26. The summed E-state index contributed by atoms with van der Waals surface area (Å²) in [4.78, 5) is 8.86. The molecular weight excluding hydrogens is 314 g/mol. The number of piperidine rings is 1. The van der Waals surface area contributed by atoms with E-state index in [1.807, 2.05) is 20.0 Å². The van der Waals surface area contributed by atoms with E-state index in [0.717, 1.165) is 24.1 Å². The third kappa shape index (κ3) is 4.28. The van der Waals surface area contributed by atoms with Crippen LogP contribution in [0.5, 0.6) is 0 Å². The van der Waals surface area contributed by atoms with Crippen molar-refractivity contribution in [3.05, 3.63) is 23.3 Å². The molecule has 130 valence electrons. The minimum absolute atomic E-state index is 0.106. The highest BCUT2D eigenvalue weighted by atomic mass is 32.2. The first-order valence-electron chi connectivity index (χ1n) is 8.25. The highest BCUT2D eigenvalue weighted by Gasteiger charge is 2.33. The van der Waals surface area contributed by atoms with E-state index in [9.17, 15) is 8.42 Å². The fraction of sp³-hybridized carbons (Fsp3) is 0.750. The first-order chi connectivity index (χ1) is 10.9. The van der Waals surface area contributed by atoms with E-state index in [0.29, 0.717) is 32.1 Å². The minimum Gasteiger partial charge on any atom is -0.377 e. The van der Waals surface area contributed by atoms with Crippen LogP contribution in [0.2, 0.25) is 0 Å². The molecule has 6 nitrogen and oxygen atoms in total. The van der Waals surface area contributed by atoms with Gasteiger partial charge in [0.1, 0.15) is 5.82 Å². The molecule has 0 aromatic carbocycles. The molecule has 1 aromatic heterocycles. The molecule has 2 rings (SSSR count). The van der Waals surface area contributed by atoms with Crippen molar-refractivity contribution in [2.75, 3.05) is 19.7 Å². The number of ether oxygens (including phenoxy) is 1. The average Bonchev–Trinajstić information content (AvgIpc) is 2.53. The lowest BCUT2D eigenvalue weighted by Gasteiger charge is -2.33. The van der Waals surface area contributed by atoms with Crippen LogP contribution in [0, 0.1) is 6.92 Å². The van der Waals surface area contributed by atoms with E-state index in [1.165, 1.54) is 0 Å². The molecule has 0 amide bonds. The highest BCUT2D eigenvalue weighted by Crippen LogP contribution is 2.30. The predicted molar refractivity (Wildman–Crippen MR) is 89.7 cm³/mol. The monoisotopic (exact) mass is 341 g/mol. The van der Waals surface area contributed by atoms with Crippen molar-refractivity contribution < 1.29 is 13.2 Å². The van der Waals surface area contributed by atoms with E-state index < -0.39 is 15.3 Å². The molecule has 23 heavy (non-hydrogen) atoms. The van der Waals surface area contributed by atoms with Crippen LogP contribution < -0.4 is 0 Å². The zero-order valence-electron chi connectivity index (χ0n) is 14.4. The van der Waals surface area contributed by atoms with Crippen LogP contribution in [0.3, 0.4) is 0 Å². The summed E-state index contributed by atoms with van der Waals surface area (Å²) in [5, 5.41) is -0.392. The number of sulfonamides is 1. The molecule has 1 fully saturated rings. The predicted octanol–water partition coefficient (Wildman–Crippen LogP) is 2.24. The summed E-state index contributed by atoms with van der Waals surface area (Å²) in [5.41, 5.74) is 1.90. The van der Waals surface area contributed by atoms with Gasteiger partial charge in [0, 0.05) is 37.4 Å². The number of hydrogen-bond donors (Lipinski definition) is 0. The number of aryl methyl sites for hydroxylation is 1. The van der Waals surface area contributed by atoms with Gasteiger partial charge in [-0.2, -0.15) is 0 Å². The Morgan fingerprint density at radius 2 is 2.17 bits per heavy atom. The maximum atomic E-state index is 12.5. The Hall–Kier alpha value is -1.05. The van der Waals surface area contributed by atoms with Gasteiger partial charge in [-0.25, -0.2) is 22.7 Å². The first-order valence-corrected chi connectivity index (χ1v) is 9.75. The molecule has 1 aliphatic heterocycles. The maximum absolute atomic E-state index is 12.5. The van der Waals surface area contributed by atoms with E-state index in [2.05, 4.69) is 9.97 Å². The van der Waals surface area contributed by atoms with Crippen molar-refractivity contribution in [3.8, 4) is 0 Å². The van der Waals surface area contributed by atoms with E-state index in [-0.39, 0.29) is 5.92 Å². The van der Waals surface area contributed by atoms with Crippen LogP contribution in [-0.4, -0.2) is 47.6 Å². The number of aromatic nitrogens is 2. The van der Waals surface area contributed by atoms with Crippen molar-refractivity contribution in [1.29, 1.82) is 0 Å². The number of nitrogens with zero attached hydrogens (tertiary/aromatic N) is 3. The summed E-state index contributed by atoms with van der Waals surface area (Å²) in [7, 11) is -3.22. The van der Waals surface area contributed by atoms with Crippen LogP contribution in [0.15, 0.2) is 6.20 Å². The van der Waals surface area contributed by atoms with Gasteiger partial charge in [-0.3, -0.25) is 0 Å². The van der Waals surface area contributed by atoms with Gasteiger partial charge in [-0.15, -0.1) is 0 Å². The van der Waals surface area contributed by atoms with Crippen LogP contribution in [0.25, 0.3) is 0 Å². The van der Waals surface area contributed by atoms with Crippen molar-refractivity contribution in [2.45, 2.75) is 58.3 Å². The topological polar surface area (TPSA) is 72.4 Å². The smallest absolute Gasteiger partial charge is 0.216 e. The molecule has 0 saturated carbocycles.